The zero-order valence-corrected chi connectivity index (χ0v) is 16.6. The molecule has 0 aromatic heterocycles. The van der Waals surface area contributed by atoms with Gasteiger partial charge in [-0.05, 0) is 49.8 Å². The Hall–Kier alpha value is -1.75. The average Bonchev–Trinajstić information content (AvgIpc) is 2.59. The molecule has 0 saturated carbocycles. The minimum Gasteiger partial charge on any atom is -0.492 e. The van der Waals surface area contributed by atoms with E-state index in [-0.39, 0.29) is 5.91 Å². The number of nitrogens with one attached hydrogen (secondary N) is 1. The number of halogens is 2. The number of hydrogen-bond acceptors (Lipinski definition) is 3. The van der Waals surface area contributed by atoms with Crippen LogP contribution in [0.3, 0.4) is 0 Å². The van der Waals surface area contributed by atoms with E-state index in [0.717, 1.165) is 12.1 Å². The summed E-state index contributed by atoms with van der Waals surface area (Å²) in [6, 6.07) is 13.4. The van der Waals surface area contributed by atoms with Crippen LogP contribution in [0, 0.1) is 0 Å². The minimum atomic E-state index is 0.00757. The van der Waals surface area contributed by atoms with Gasteiger partial charge in [-0.25, -0.2) is 0 Å². The van der Waals surface area contributed by atoms with Crippen LogP contribution in [0.4, 0.5) is 0 Å². The highest BCUT2D eigenvalue weighted by Crippen LogP contribution is 2.27. The van der Waals surface area contributed by atoms with Crippen LogP contribution in [0.25, 0.3) is 0 Å². The lowest BCUT2D eigenvalue weighted by molar-refractivity contribution is -0.121. The standard InChI is InChI=1S/C20H24Cl2N2O2/c1-24(2)14-16-7-5-15(6-8-16)13-23-20(25)4-3-11-26-19-10-9-17(21)12-18(19)22/h5-10,12H,3-4,11,13-14H2,1-2H3,(H,23,25). The van der Waals surface area contributed by atoms with Gasteiger partial charge in [0.2, 0.25) is 5.91 Å². The summed E-state index contributed by atoms with van der Waals surface area (Å²) in [6.45, 7) is 1.86. The second-order valence-corrected chi connectivity index (χ2v) is 7.20. The third-order valence-corrected chi connectivity index (χ3v) is 4.24. The van der Waals surface area contributed by atoms with Crippen LogP contribution in [0.1, 0.15) is 24.0 Å². The van der Waals surface area contributed by atoms with Crippen molar-refractivity contribution >= 4 is 29.1 Å². The largest absolute Gasteiger partial charge is 0.492 e. The Morgan fingerprint density at radius 3 is 2.42 bits per heavy atom. The van der Waals surface area contributed by atoms with Gasteiger partial charge < -0.3 is 15.0 Å². The fraction of sp³-hybridized carbons (Fsp3) is 0.350. The minimum absolute atomic E-state index is 0.00757. The van der Waals surface area contributed by atoms with Crippen molar-refractivity contribution in [3.05, 3.63) is 63.6 Å². The Bertz CT molecular complexity index is 718. The highest BCUT2D eigenvalue weighted by Gasteiger charge is 2.05. The van der Waals surface area contributed by atoms with E-state index in [1.54, 1.807) is 18.2 Å². The summed E-state index contributed by atoms with van der Waals surface area (Å²) in [6.07, 6.45) is 1.02. The molecule has 2 aromatic carbocycles. The average molecular weight is 395 g/mol. The molecule has 4 nitrogen and oxygen atoms in total. The molecule has 26 heavy (non-hydrogen) atoms. The number of rotatable bonds is 9. The van der Waals surface area contributed by atoms with Gasteiger partial charge in [0.15, 0.2) is 0 Å². The molecule has 0 aliphatic heterocycles. The van der Waals surface area contributed by atoms with Gasteiger partial charge in [-0.1, -0.05) is 47.5 Å². The smallest absolute Gasteiger partial charge is 0.220 e. The highest BCUT2D eigenvalue weighted by molar-refractivity contribution is 6.35. The summed E-state index contributed by atoms with van der Waals surface area (Å²) < 4.78 is 5.58. The molecule has 0 spiro atoms. The highest BCUT2D eigenvalue weighted by atomic mass is 35.5. The molecule has 1 amide bonds. The van der Waals surface area contributed by atoms with Crippen LogP contribution < -0.4 is 10.1 Å². The molecule has 0 bridgehead atoms. The van der Waals surface area contributed by atoms with Gasteiger partial charge in [0, 0.05) is 24.5 Å². The Balaban J connectivity index is 1.65. The summed E-state index contributed by atoms with van der Waals surface area (Å²) >= 11 is 11.9. The molecule has 0 heterocycles. The number of hydrogen-bond donors (Lipinski definition) is 1. The summed E-state index contributed by atoms with van der Waals surface area (Å²) in [7, 11) is 4.08. The number of carbonyl (C=O) groups is 1. The van der Waals surface area contributed by atoms with Crippen molar-refractivity contribution in [3.63, 3.8) is 0 Å². The summed E-state index contributed by atoms with van der Waals surface area (Å²) in [4.78, 5) is 14.1. The molecular formula is C20H24Cl2N2O2. The lowest BCUT2D eigenvalue weighted by Crippen LogP contribution is -2.23. The Labute approximate surface area is 165 Å². The predicted octanol–water partition coefficient (Wildman–Crippen LogP) is 4.53. The zero-order valence-electron chi connectivity index (χ0n) is 15.1. The number of amides is 1. The molecule has 0 unspecified atom stereocenters. The number of ether oxygens (including phenoxy) is 1. The number of nitrogens with zero attached hydrogens (tertiary/aromatic N) is 1. The lowest BCUT2D eigenvalue weighted by Gasteiger charge is -2.11. The molecule has 0 aliphatic rings. The molecule has 0 radical (unpaired) electrons. The van der Waals surface area contributed by atoms with E-state index in [4.69, 9.17) is 27.9 Å². The van der Waals surface area contributed by atoms with E-state index in [0.29, 0.717) is 41.8 Å². The van der Waals surface area contributed by atoms with Crippen LogP contribution in [0.15, 0.2) is 42.5 Å². The number of carbonyl (C=O) groups excluding carboxylic acids is 1. The number of benzene rings is 2. The van der Waals surface area contributed by atoms with Gasteiger partial charge in [-0.3, -0.25) is 4.79 Å². The van der Waals surface area contributed by atoms with E-state index in [9.17, 15) is 4.79 Å². The van der Waals surface area contributed by atoms with Crippen molar-refractivity contribution in [1.82, 2.24) is 10.2 Å². The maximum Gasteiger partial charge on any atom is 0.220 e. The summed E-state index contributed by atoms with van der Waals surface area (Å²) in [5.41, 5.74) is 2.34. The van der Waals surface area contributed by atoms with Gasteiger partial charge in [0.05, 0.1) is 11.6 Å². The van der Waals surface area contributed by atoms with E-state index in [1.165, 1.54) is 5.56 Å². The molecule has 140 valence electrons. The molecule has 6 heteroatoms. The van der Waals surface area contributed by atoms with Crippen LogP contribution in [0.5, 0.6) is 5.75 Å². The van der Waals surface area contributed by atoms with E-state index in [2.05, 4.69) is 22.3 Å². The maximum absolute atomic E-state index is 11.9. The second-order valence-electron chi connectivity index (χ2n) is 6.36. The van der Waals surface area contributed by atoms with E-state index in [1.807, 2.05) is 26.2 Å². The Morgan fingerprint density at radius 1 is 1.08 bits per heavy atom. The maximum atomic E-state index is 11.9. The van der Waals surface area contributed by atoms with Crippen molar-refractivity contribution in [2.24, 2.45) is 0 Å². The molecule has 0 aliphatic carbocycles. The molecule has 2 aromatic rings. The van der Waals surface area contributed by atoms with Crippen LogP contribution in [0.2, 0.25) is 10.0 Å². The first-order chi connectivity index (χ1) is 12.4. The fourth-order valence-corrected chi connectivity index (χ4v) is 2.89. The van der Waals surface area contributed by atoms with Crippen LogP contribution in [-0.2, 0) is 17.9 Å². The van der Waals surface area contributed by atoms with Crippen molar-refractivity contribution in [1.29, 1.82) is 0 Å². The fourth-order valence-electron chi connectivity index (χ4n) is 2.42. The van der Waals surface area contributed by atoms with Crippen LogP contribution in [-0.4, -0.2) is 31.5 Å². The van der Waals surface area contributed by atoms with Crippen LogP contribution >= 0.6 is 23.2 Å². The first-order valence-corrected chi connectivity index (χ1v) is 9.27. The monoisotopic (exact) mass is 394 g/mol. The van der Waals surface area contributed by atoms with E-state index < -0.39 is 0 Å². The zero-order chi connectivity index (χ0) is 18.9. The molecule has 0 fully saturated rings. The first kappa shape index (κ1) is 20.6. The van der Waals surface area contributed by atoms with Gasteiger partial charge in [-0.2, -0.15) is 0 Å². The Morgan fingerprint density at radius 2 is 1.77 bits per heavy atom. The third-order valence-electron chi connectivity index (χ3n) is 3.71. The van der Waals surface area contributed by atoms with Gasteiger partial charge >= 0.3 is 0 Å². The second kappa shape index (κ2) is 10.4. The van der Waals surface area contributed by atoms with Crippen molar-refractivity contribution in [2.45, 2.75) is 25.9 Å². The molecule has 2 rings (SSSR count). The van der Waals surface area contributed by atoms with Gasteiger partial charge in [0.1, 0.15) is 5.75 Å². The quantitative estimate of drug-likeness (QED) is 0.635. The predicted molar refractivity (Wildman–Crippen MR) is 107 cm³/mol. The molecule has 0 saturated heterocycles. The summed E-state index contributed by atoms with van der Waals surface area (Å²) in [5, 5.41) is 3.97. The topological polar surface area (TPSA) is 41.6 Å². The lowest BCUT2D eigenvalue weighted by atomic mass is 10.1. The van der Waals surface area contributed by atoms with Crippen molar-refractivity contribution < 1.29 is 9.53 Å². The van der Waals surface area contributed by atoms with Gasteiger partial charge in [-0.15, -0.1) is 0 Å². The summed E-state index contributed by atoms with van der Waals surface area (Å²) in [5.74, 6) is 0.586. The molecule has 0 atom stereocenters. The first-order valence-electron chi connectivity index (χ1n) is 8.51. The van der Waals surface area contributed by atoms with E-state index >= 15 is 0 Å². The third kappa shape index (κ3) is 7.24. The Kier molecular flexibility index (Phi) is 8.23. The molecule has 1 N–H and O–H groups in total. The van der Waals surface area contributed by atoms with Crippen molar-refractivity contribution in [3.8, 4) is 5.75 Å². The normalized spacial score (nSPS) is 10.8. The van der Waals surface area contributed by atoms with Crippen molar-refractivity contribution in [2.75, 3.05) is 20.7 Å². The van der Waals surface area contributed by atoms with Gasteiger partial charge in [0.25, 0.3) is 0 Å². The molecular weight excluding hydrogens is 371 g/mol. The SMILES string of the molecule is CN(C)Cc1ccc(CNC(=O)CCCOc2ccc(Cl)cc2Cl)cc1.